The predicted molar refractivity (Wildman–Crippen MR) is 130 cm³/mol. The number of hydrogen-bond acceptors (Lipinski definition) is 5. The lowest BCUT2D eigenvalue weighted by Crippen LogP contribution is -2.36. The largest absolute Gasteiger partial charge is 0.393 e. The summed E-state index contributed by atoms with van der Waals surface area (Å²) in [5.41, 5.74) is 3.57. The van der Waals surface area contributed by atoms with Gasteiger partial charge in [0.25, 0.3) is 0 Å². The number of allylic oxidation sites excluding steroid dienone is 3. The molecule has 6 atom stereocenters. The van der Waals surface area contributed by atoms with E-state index in [1.165, 1.54) is 45.5 Å². The summed E-state index contributed by atoms with van der Waals surface area (Å²) < 4.78 is 22.5. The Bertz CT molecular complexity index is 779. The van der Waals surface area contributed by atoms with Crippen molar-refractivity contribution >= 4 is 7.60 Å². The van der Waals surface area contributed by atoms with Crippen molar-refractivity contribution in [2.75, 3.05) is 20.4 Å². The van der Waals surface area contributed by atoms with Crippen molar-refractivity contribution in [1.82, 2.24) is 0 Å². The van der Waals surface area contributed by atoms with Crippen LogP contribution in [-0.4, -0.2) is 42.8 Å². The van der Waals surface area contributed by atoms with Crippen LogP contribution < -0.4 is 0 Å². The van der Waals surface area contributed by atoms with Crippen molar-refractivity contribution in [2.24, 2.45) is 23.2 Å². The van der Waals surface area contributed by atoms with E-state index in [1.807, 2.05) is 0 Å². The molecule has 3 rings (SSSR count). The number of hydrogen-bond donors (Lipinski definition) is 2. The lowest BCUT2D eigenvalue weighted by Gasteiger charge is -2.44. The summed E-state index contributed by atoms with van der Waals surface area (Å²) in [5.74, 6) is 1.84. The Morgan fingerprint density at radius 3 is 2.66 bits per heavy atom. The molecule has 0 spiro atoms. The highest BCUT2D eigenvalue weighted by molar-refractivity contribution is 7.53. The van der Waals surface area contributed by atoms with Crippen LogP contribution in [0.25, 0.3) is 0 Å². The topological polar surface area (TPSA) is 76.0 Å². The first-order chi connectivity index (χ1) is 15.1. The standard InChI is InChI=1S/C26H43O5P/c1-18(8-7-15-32(29,30-4)31-5)23-12-13-24-20(9-6-14-26(23,24)3)10-11-21-16-22(27)17-25(28)19(21)2/h10-11,18,22-25,27-28H,2,6-9,12-17H2,1,3-5H3/b20-10+,21-11-/t18-,22-,23-,24+,25+,26-/m1/s1. The maximum absolute atomic E-state index is 12.4. The minimum atomic E-state index is -2.92. The van der Waals surface area contributed by atoms with E-state index in [0.717, 1.165) is 30.4 Å². The Morgan fingerprint density at radius 2 is 1.97 bits per heavy atom. The predicted octanol–water partition coefficient (Wildman–Crippen LogP) is 6.03. The molecule has 6 heteroatoms. The summed E-state index contributed by atoms with van der Waals surface area (Å²) >= 11 is 0. The molecule has 3 fully saturated rings. The van der Waals surface area contributed by atoms with Gasteiger partial charge in [-0.3, -0.25) is 4.57 Å². The van der Waals surface area contributed by atoms with Crippen LogP contribution in [0.3, 0.4) is 0 Å². The molecule has 182 valence electrons. The quantitative estimate of drug-likeness (QED) is 0.427. The second kappa shape index (κ2) is 10.7. The number of aliphatic hydroxyl groups excluding tert-OH is 2. The fourth-order valence-corrected chi connectivity index (χ4v) is 7.83. The van der Waals surface area contributed by atoms with Crippen LogP contribution in [0.4, 0.5) is 0 Å². The second-order valence-electron chi connectivity index (χ2n) is 10.5. The Balaban J connectivity index is 1.68. The Hall–Kier alpha value is -0.710. The molecule has 0 heterocycles. The van der Waals surface area contributed by atoms with Gasteiger partial charge in [-0.05, 0) is 85.7 Å². The Morgan fingerprint density at radius 1 is 1.25 bits per heavy atom. The Labute approximate surface area is 194 Å². The maximum Gasteiger partial charge on any atom is 0.330 e. The summed E-state index contributed by atoms with van der Waals surface area (Å²) in [6, 6.07) is 0. The van der Waals surface area contributed by atoms with E-state index in [-0.39, 0.29) is 0 Å². The molecule has 0 radical (unpaired) electrons. The monoisotopic (exact) mass is 466 g/mol. The minimum absolute atomic E-state index is 0.302. The highest BCUT2D eigenvalue weighted by atomic mass is 31.2. The zero-order valence-corrected chi connectivity index (χ0v) is 21.3. The minimum Gasteiger partial charge on any atom is -0.393 e. The lowest BCUT2D eigenvalue weighted by molar-refractivity contribution is 0.0861. The summed E-state index contributed by atoms with van der Waals surface area (Å²) in [6.07, 6.45) is 12.7. The van der Waals surface area contributed by atoms with Crippen LogP contribution in [0.1, 0.15) is 71.6 Å². The van der Waals surface area contributed by atoms with Crippen molar-refractivity contribution in [2.45, 2.75) is 83.8 Å². The molecule has 0 aromatic rings. The van der Waals surface area contributed by atoms with E-state index in [0.29, 0.717) is 42.2 Å². The molecule has 0 aromatic carbocycles. The van der Waals surface area contributed by atoms with Gasteiger partial charge in [0.15, 0.2) is 0 Å². The first-order valence-electron chi connectivity index (χ1n) is 12.3. The smallest absolute Gasteiger partial charge is 0.330 e. The average molecular weight is 467 g/mol. The van der Waals surface area contributed by atoms with E-state index >= 15 is 0 Å². The molecular formula is C26H43O5P. The maximum atomic E-state index is 12.4. The van der Waals surface area contributed by atoms with Crippen molar-refractivity contribution in [1.29, 1.82) is 0 Å². The zero-order valence-electron chi connectivity index (χ0n) is 20.4. The van der Waals surface area contributed by atoms with Gasteiger partial charge >= 0.3 is 7.60 Å². The highest BCUT2D eigenvalue weighted by Gasteiger charge is 2.50. The van der Waals surface area contributed by atoms with Crippen molar-refractivity contribution in [3.05, 3.63) is 35.5 Å². The van der Waals surface area contributed by atoms with Gasteiger partial charge in [0.1, 0.15) is 0 Å². The molecule has 2 N–H and O–H groups in total. The fraction of sp³-hybridized carbons (Fsp3) is 0.769. The molecule has 0 aromatic heterocycles. The first kappa shape index (κ1) is 25.9. The third kappa shape index (κ3) is 5.50. The number of aliphatic hydroxyl groups is 2. The molecule has 0 aliphatic heterocycles. The van der Waals surface area contributed by atoms with Gasteiger partial charge in [-0.15, -0.1) is 0 Å². The van der Waals surface area contributed by atoms with Gasteiger partial charge in [0, 0.05) is 20.6 Å². The van der Waals surface area contributed by atoms with E-state index in [4.69, 9.17) is 9.05 Å². The molecule has 0 bridgehead atoms. The van der Waals surface area contributed by atoms with Crippen molar-refractivity contribution in [3.8, 4) is 0 Å². The SMILES string of the molecule is C=C1/C(=C\C=C2/CCC[C@]3(C)[C@@H]([C@H](C)CCCP(=O)(OC)OC)CC[C@@H]23)C[C@@H](O)C[C@@H]1O. The van der Waals surface area contributed by atoms with Gasteiger partial charge in [-0.2, -0.15) is 0 Å². The van der Waals surface area contributed by atoms with E-state index in [1.54, 1.807) is 0 Å². The summed E-state index contributed by atoms with van der Waals surface area (Å²) in [5, 5.41) is 20.2. The van der Waals surface area contributed by atoms with Gasteiger partial charge in [0.2, 0.25) is 0 Å². The van der Waals surface area contributed by atoms with Gasteiger partial charge in [-0.1, -0.05) is 38.2 Å². The molecule has 32 heavy (non-hydrogen) atoms. The lowest BCUT2D eigenvalue weighted by atomic mass is 9.61. The molecule has 5 nitrogen and oxygen atoms in total. The molecule has 0 amide bonds. The molecule has 0 saturated heterocycles. The van der Waals surface area contributed by atoms with Crippen LogP contribution in [-0.2, 0) is 13.6 Å². The normalized spacial score (nSPS) is 37.1. The van der Waals surface area contributed by atoms with Crippen LogP contribution in [0.2, 0.25) is 0 Å². The summed E-state index contributed by atoms with van der Waals surface area (Å²) in [7, 11) is 0.00800. The average Bonchev–Trinajstić information content (AvgIpc) is 3.12. The summed E-state index contributed by atoms with van der Waals surface area (Å²) in [6.45, 7) is 8.89. The third-order valence-electron chi connectivity index (χ3n) is 8.64. The van der Waals surface area contributed by atoms with Crippen LogP contribution in [0, 0.1) is 23.2 Å². The van der Waals surface area contributed by atoms with Crippen molar-refractivity contribution in [3.63, 3.8) is 0 Å². The summed E-state index contributed by atoms with van der Waals surface area (Å²) in [4.78, 5) is 0. The van der Waals surface area contributed by atoms with E-state index in [9.17, 15) is 14.8 Å². The molecular weight excluding hydrogens is 423 g/mol. The van der Waals surface area contributed by atoms with Crippen LogP contribution in [0.15, 0.2) is 35.5 Å². The first-order valence-corrected chi connectivity index (χ1v) is 14.0. The second-order valence-corrected chi connectivity index (χ2v) is 12.9. The zero-order chi connectivity index (χ0) is 23.5. The van der Waals surface area contributed by atoms with Crippen LogP contribution >= 0.6 is 7.60 Å². The molecule has 3 aliphatic rings. The molecule has 0 unspecified atom stereocenters. The number of fused-ring (bicyclic) bond motifs is 1. The third-order valence-corrected chi connectivity index (χ3v) is 10.6. The highest BCUT2D eigenvalue weighted by Crippen LogP contribution is 2.60. The van der Waals surface area contributed by atoms with Gasteiger partial charge in [-0.25, -0.2) is 0 Å². The van der Waals surface area contributed by atoms with Gasteiger partial charge < -0.3 is 19.3 Å². The molecule has 3 aliphatic carbocycles. The molecule has 3 saturated carbocycles. The number of rotatable bonds is 8. The van der Waals surface area contributed by atoms with E-state index < -0.39 is 19.8 Å². The fourth-order valence-electron chi connectivity index (χ4n) is 6.74. The van der Waals surface area contributed by atoms with Gasteiger partial charge in [0.05, 0.1) is 18.4 Å². The Kier molecular flexibility index (Phi) is 8.66. The van der Waals surface area contributed by atoms with E-state index in [2.05, 4.69) is 32.6 Å². The van der Waals surface area contributed by atoms with Crippen LogP contribution in [0.5, 0.6) is 0 Å². The van der Waals surface area contributed by atoms with Crippen molar-refractivity contribution < 1.29 is 23.8 Å².